The highest BCUT2D eigenvalue weighted by Gasteiger charge is 2.53. The van der Waals surface area contributed by atoms with Crippen molar-refractivity contribution in [3.05, 3.63) is 72.9 Å². The quantitative estimate of drug-likeness (QED) is 0.0328. The molecule has 19 heteroatoms. The first-order chi connectivity index (χ1) is 33.8. The fraction of sp³-hybridized carbons (Fsp3) is 0.745. The van der Waals surface area contributed by atoms with Crippen LogP contribution in [-0.4, -0.2) is 193 Å². The summed E-state index contributed by atoms with van der Waals surface area (Å²) >= 11 is 0. The van der Waals surface area contributed by atoms with Crippen molar-refractivity contribution in [3.63, 3.8) is 0 Å². The number of ether oxygens (including phenoxy) is 6. The smallest absolute Gasteiger partial charge is 0.220 e. The van der Waals surface area contributed by atoms with Crippen LogP contribution in [0.2, 0.25) is 0 Å². The van der Waals surface area contributed by atoms with E-state index in [0.717, 1.165) is 64.2 Å². The summed E-state index contributed by atoms with van der Waals surface area (Å²) in [5.74, 6) is -0.326. The van der Waals surface area contributed by atoms with E-state index in [0.29, 0.717) is 12.8 Å². The fourth-order valence-corrected chi connectivity index (χ4v) is 7.98. The molecule has 3 heterocycles. The molecule has 0 aromatic heterocycles. The number of unbranched alkanes of at least 4 members (excludes halogenated alkanes) is 7. The van der Waals surface area contributed by atoms with Crippen LogP contribution in [0.25, 0.3) is 0 Å². The van der Waals surface area contributed by atoms with Crippen LogP contribution in [0.1, 0.15) is 110 Å². The molecule has 17 atom stereocenters. The summed E-state index contributed by atoms with van der Waals surface area (Å²) in [5.41, 5.74) is 0. The normalized spacial score (nSPS) is 33.2. The maximum atomic E-state index is 13.2. The summed E-state index contributed by atoms with van der Waals surface area (Å²) in [4.78, 5) is 13.2. The van der Waals surface area contributed by atoms with Crippen LogP contribution in [0, 0.1) is 0 Å². The van der Waals surface area contributed by atoms with Crippen LogP contribution in [0.15, 0.2) is 72.9 Å². The van der Waals surface area contributed by atoms with Gasteiger partial charge in [-0.05, 0) is 70.6 Å². The van der Waals surface area contributed by atoms with E-state index >= 15 is 0 Å². The predicted octanol–water partition coefficient (Wildman–Crippen LogP) is 1.53. The van der Waals surface area contributed by atoms with Crippen molar-refractivity contribution in [1.82, 2.24) is 5.32 Å². The first-order valence-electron chi connectivity index (χ1n) is 25.2. The van der Waals surface area contributed by atoms with E-state index in [2.05, 4.69) is 79.9 Å². The number of aliphatic hydroxyl groups is 11. The number of hydrogen-bond donors (Lipinski definition) is 12. The Hall–Kier alpha value is -2.77. The van der Waals surface area contributed by atoms with Crippen LogP contribution in [0.4, 0.5) is 0 Å². The monoisotopic (exact) mass is 1000 g/mol. The van der Waals surface area contributed by atoms with Crippen molar-refractivity contribution in [3.8, 4) is 0 Å². The summed E-state index contributed by atoms with van der Waals surface area (Å²) in [7, 11) is 0. The van der Waals surface area contributed by atoms with Gasteiger partial charge in [0, 0.05) is 6.42 Å². The van der Waals surface area contributed by atoms with Crippen molar-refractivity contribution in [2.24, 2.45) is 0 Å². The second-order valence-corrected chi connectivity index (χ2v) is 17.9. The average Bonchev–Trinajstić information content (AvgIpc) is 3.35. The minimum atomic E-state index is -1.99. The highest BCUT2D eigenvalue weighted by Crippen LogP contribution is 2.33. The molecular formula is C51H85NO18. The molecular weight excluding hydrogens is 915 g/mol. The Morgan fingerprint density at radius 2 is 1.00 bits per heavy atom. The van der Waals surface area contributed by atoms with Gasteiger partial charge in [-0.15, -0.1) is 0 Å². The van der Waals surface area contributed by atoms with Gasteiger partial charge in [-0.2, -0.15) is 0 Å². The number of rotatable bonds is 33. The Bertz CT molecular complexity index is 1570. The topological polar surface area (TPSA) is 307 Å². The largest absolute Gasteiger partial charge is 0.394 e. The van der Waals surface area contributed by atoms with Crippen LogP contribution >= 0.6 is 0 Å². The maximum absolute atomic E-state index is 13.2. The molecule has 0 aromatic carbocycles. The SMILES string of the molecule is CC/C=C\C/C=C\C/C=C\CCCCCC(=O)NC(COC1OC(CO)C(OC2OC(CO)C(OC3OC(CO)C(O)C(O)C3O)C(O)C2O)C(O)C1O)C(O)/C=C/CC/C=C/CC/C=C/CCCC. The highest BCUT2D eigenvalue weighted by molar-refractivity contribution is 5.76. The second-order valence-electron chi connectivity index (χ2n) is 17.9. The molecule has 0 radical (unpaired) electrons. The van der Waals surface area contributed by atoms with E-state index in [1.165, 1.54) is 12.8 Å². The first-order valence-corrected chi connectivity index (χ1v) is 25.2. The van der Waals surface area contributed by atoms with Crippen LogP contribution < -0.4 is 5.32 Å². The molecule has 3 aliphatic heterocycles. The number of nitrogens with one attached hydrogen (secondary N) is 1. The molecule has 0 aromatic rings. The Labute approximate surface area is 413 Å². The first kappa shape index (κ1) is 61.5. The van der Waals surface area contributed by atoms with E-state index in [9.17, 15) is 61.0 Å². The number of allylic oxidation sites excluding steroid dienone is 11. The molecule has 3 saturated heterocycles. The third kappa shape index (κ3) is 21.0. The van der Waals surface area contributed by atoms with Gasteiger partial charge in [-0.3, -0.25) is 4.79 Å². The lowest BCUT2D eigenvalue weighted by Crippen LogP contribution is -2.66. The lowest BCUT2D eigenvalue weighted by atomic mass is 9.96. The van der Waals surface area contributed by atoms with Gasteiger partial charge in [0.2, 0.25) is 5.91 Å². The summed E-state index contributed by atoms with van der Waals surface area (Å²) in [6.45, 7) is 1.44. The summed E-state index contributed by atoms with van der Waals surface area (Å²) in [6, 6.07) is -1.01. The lowest BCUT2D eigenvalue weighted by molar-refractivity contribution is -0.379. The van der Waals surface area contributed by atoms with Crippen LogP contribution in [-0.2, 0) is 33.2 Å². The van der Waals surface area contributed by atoms with Crippen LogP contribution in [0.5, 0.6) is 0 Å². The Kier molecular flexibility index (Phi) is 31.1. The lowest BCUT2D eigenvalue weighted by Gasteiger charge is -2.48. The fourth-order valence-electron chi connectivity index (χ4n) is 7.98. The Balaban J connectivity index is 1.60. The number of carbonyl (C=O) groups excluding carboxylic acids is 1. The zero-order chi connectivity index (χ0) is 51.3. The molecule has 70 heavy (non-hydrogen) atoms. The number of aliphatic hydroxyl groups excluding tert-OH is 11. The van der Waals surface area contributed by atoms with Gasteiger partial charge in [0.1, 0.15) is 73.2 Å². The van der Waals surface area contributed by atoms with E-state index in [1.54, 1.807) is 12.2 Å². The molecule has 0 bridgehead atoms. The zero-order valence-corrected chi connectivity index (χ0v) is 41.0. The number of carbonyl (C=O) groups is 1. The van der Waals surface area contributed by atoms with E-state index < -0.39 is 124 Å². The third-order valence-electron chi connectivity index (χ3n) is 12.2. The van der Waals surface area contributed by atoms with Gasteiger partial charge < -0.3 is 89.9 Å². The third-order valence-corrected chi connectivity index (χ3v) is 12.2. The average molecular weight is 1000 g/mol. The highest BCUT2D eigenvalue weighted by atomic mass is 16.8. The number of amides is 1. The van der Waals surface area contributed by atoms with Gasteiger partial charge in [0.05, 0.1) is 38.6 Å². The Morgan fingerprint density at radius 3 is 1.57 bits per heavy atom. The molecule has 402 valence electrons. The van der Waals surface area contributed by atoms with Crippen molar-refractivity contribution in [2.75, 3.05) is 26.4 Å². The van der Waals surface area contributed by atoms with Crippen molar-refractivity contribution in [2.45, 2.75) is 214 Å². The van der Waals surface area contributed by atoms with Gasteiger partial charge in [0.25, 0.3) is 0 Å². The minimum absolute atomic E-state index is 0.192. The minimum Gasteiger partial charge on any atom is -0.394 e. The molecule has 0 saturated carbocycles. The van der Waals surface area contributed by atoms with E-state index in [-0.39, 0.29) is 18.9 Å². The molecule has 19 nitrogen and oxygen atoms in total. The van der Waals surface area contributed by atoms with Gasteiger partial charge in [-0.25, -0.2) is 0 Å². The van der Waals surface area contributed by atoms with Crippen molar-refractivity contribution < 1.29 is 89.4 Å². The summed E-state index contributed by atoms with van der Waals surface area (Å²) in [6.07, 6.45) is 10.6. The molecule has 0 aliphatic carbocycles. The van der Waals surface area contributed by atoms with Gasteiger partial charge in [-0.1, -0.05) is 106 Å². The molecule has 3 rings (SSSR count). The van der Waals surface area contributed by atoms with Crippen molar-refractivity contribution >= 4 is 5.91 Å². The second kappa shape index (κ2) is 35.4. The van der Waals surface area contributed by atoms with E-state index in [4.69, 9.17) is 28.4 Å². The van der Waals surface area contributed by atoms with Gasteiger partial charge >= 0.3 is 0 Å². The maximum Gasteiger partial charge on any atom is 0.220 e. The standard InChI is InChI=1S/C51H85NO18/c1-3-5-7-9-11-13-15-17-19-21-23-25-27-29-39(57)52-34(35(56)28-26-24-22-20-18-16-14-12-10-8-6-4-2)33-65-49-45(63)42(60)47(37(31-54)67-49)70-51-46(64)43(61)48(38(32-55)68-51)69-50-44(62)41(59)40(58)36(30-53)66-50/h5,7,10-13,17-20,26,28,34-38,40-51,53-56,58-64H,3-4,6,8-9,14-16,21-25,27,29-33H2,1-2H3,(H,52,57)/b7-5-,12-10+,13-11-,19-17-,20-18+,28-26+. The zero-order valence-electron chi connectivity index (χ0n) is 41.0. The molecule has 3 fully saturated rings. The molecule has 12 N–H and O–H groups in total. The summed E-state index contributed by atoms with van der Waals surface area (Å²) in [5, 5.41) is 119. The van der Waals surface area contributed by atoms with Gasteiger partial charge in [0.15, 0.2) is 18.9 Å². The molecule has 0 spiro atoms. The summed E-state index contributed by atoms with van der Waals surface area (Å²) < 4.78 is 34.0. The number of hydrogen-bond acceptors (Lipinski definition) is 18. The molecule has 1 amide bonds. The van der Waals surface area contributed by atoms with E-state index in [1.807, 2.05) is 0 Å². The molecule has 3 aliphatic rings. The van der Waals surface area contributed by atoms with Crippen LogP contribution in [0.3, 0.4) is 0 Å². The Morgan fingerprint density at radius 1 is 0.529 bits per heavy atom. The molecule has 17 unspecified atom stereocenters. The predicted molar refractivity (Wildman–Crippen MR) is 258 cm³/mol. The van der Waals surface area contributed by atoms with Crippen molar-refractivity contribution in [1.29, 1.82) is 0 Å².